The van der Waals surface area contributed by atoms with Gasteiger partial charge in [0.05, 0.1) is 25.2 Å². The molecule has 0 bridgehead atoms. The van der Waals surface area contributed by atoms with Gasteiger partial charge in [-0.2, -0.15) is 0 Å². The molecule has 35 heavy (non-hydrogen) atoms. The number of carboxylic acids is 1. The fourth-order valence-corrected chi connectivity index (χ4v) is 4.29. The van der Waals surface area contributed by atoms with Crippen LogP contribution in [-0.2, 0) is 23.8 Å². The predicted octanol–water partition coefficient (Wildman–Crippen LogP) is 3.65. The normalized spacial score (nSPS) is 35.1. The highest BCUT2D eigenvalue weighted by Crippen LogP contribution is 2.26. The molecule has 198 valence electrons. The summed E-state index contributed by atoms with van der Waals surface area (Å²) in [6.07, 6.45) is 5.82. The number of hydrogen-bond acceptors (Lipinski definition) is 7. The molecule has 1 aliphatic heterocycles. The van der Waals surface area contributed by atoms with Crippen molar-refractivity contribution < 1.29 is 39.1 Å². The smallest absolute Gasteiger partial charge is 0.373 e. The van der Waals surface area contributed by atoms with Gasteiger partial charge in [0.25, 0.3) is 0 Å². The first kappa shape index (κ1) is 30.6. The summed E-state index contributed by atoms with van der Waals surface area (Å²) >= 11 is 0. The van der Waals surface area contributed by atoms with Gasteiger partial charge < -0.3 is 29.5 Å². The van der Waals surface area contributed by atoms with E-state index in [0.29, 0.717) is 12.0 Å². The fourth-order valence-electron chi connectivity index (χ4n) is 4.29. The Bertz CT molecular complexity index is 840. The summed E-state index contributed by atoms with van der Waals surface area (Å²) in [5, 5.41) is 30.8. The van der Waals surface area contributed by atoms with Crippen LogP contribution in [-0.4, -0.2) is 65.9 Å². The number of cyclic esters (lactones) is 1. The summed E-state index contributed by atoms with van der Waals surface area (Å²) in [4.78, 5) is 24.5. The minimum absolute atomic E-state index is 0.00101. The van der Waals surface area contributed by atoms with Crippen molar-refractivity contribution in [2.45, 2.75) is 72.4 Å². The molecule has 8 nitrogen and oxygen atoms in total. The predicted molar refractivity (Wildman–Crippen MR) is 133 cm³/mol. The molecule has 8 atom stereocenters. The van der Waals surface area contributed by atoms with Crippen molar-refractivity contribution in [2.24, 2.45) is 23.7 Å². The van der Waals surface area contributed by atoms with Crippen LogP contribution in [0.15, 0.2) is 47.3 Å². The third kappa shape index (κ3) is 8.94. The zero-order valence-corrected chi connectivity index (χ0v) is 22.1. The maximum Gasteiger partial charge on any atom is 0.373 e. The number of allylic oxidation sites excluding steroid dienone is 5. The molecular formula is C27H42O8. The van der Waals surface area contributed by atoms with Crippen molar-refractivity contribution in [1.82, 2.24) is 0 Å². The summed E-state index contributed by atoms with van der Waals surface area (Å²) in [5.74, 6) is -4.00. The molecule has 0 aromatic rings. The summed E-state index contributed by atoms with van der Waals surface area (Å²) in [7, 11) is 2.80. The van der Waals surface area contributed by atoms with Crippen LogP contribution in [0.25, 0.3) is 0 Å². The highest BCUT2D eigenvalue weighted by atomic mass is 16.6. The number of hydrogen-bond donors (Lipinski definition) is 3. The van der Waals surface area contributed by atoms with Crippen LogP contribution in [0.4, 0.5) is 0 Å². The van der Waals surface area contributed by atoms with E-state index in [0.717, 1.165) is 5.57 Å². The van der Waals surface area contributed by atoms with Crippen LogP contribution in [0.1, 0.15) is 48.0 Å². The summed E-state index contributed by atoms with van der Waals surface area (Å²) < 4.78 is 16.6. The Morgan fingerprint density at radius 1 is 1.20 bits per heavy atom. The molecule has 1 aliphatic rings. The van der Waals surface area contributed by atoms with E-state index < -0.39 is 48.2 Å². The van der Waals surface area contributed by atoms with Gasteiger partial charge in [0.15, 0.2) is 0 Å². The topological polar surface area (TPSA) is 123 Å². The van der Waals surface area contributed by atoms with Crippen molar-refractivity contribution in [3.05, 3.63) is 47.3 Å². The molecule has 0 spiro atoms. The molecule has 0 fully saturated rings. The first-order chi connectivity index (χ1) is 16.3. The number of carboxylic acid groups (broad SMARTS) is 1. The van der Waals surface area contributed by atoms with Gasteiger partial charge in [-0.25, -0.2) is 4.79 Å². The average molecular weight is 495 g/mol. The van der Waals surface area contributed by atoms with Gasteiger partial charge in [0, 0.05) is 18.9 Å². The second-order valence-corrected chi connectivity index (χ2v) is 9.60. The molecule has 0 aromatic heterocycles. The van der Waals surface area contributed by atoms with Gasteiger partial charge >= 0.3 is 11.9 Å². The third-order valence-electron chi connectivity index (χ3n) is 6.55. The molecule has 0 saturated carbocycles. The van der Waals surface area contributed by atoms with E-state index in [-0.39, 0.29) is 17.6 Å². The van der Waals surface area contributed by atoms with Gasteiger partial charge in [-0.3, -0.25) is 4.79 Å². The zero-order chi connectivity index (χ0) is 26.9. The Balaban J connectivity index is 3.54. The van der Waals surface area contributed by atoms with Crippen molar-refractivity contribution >= 4 is 11.9 Å². The highest BCUT2D eigenvalue weighted by Gasteiger charge is 2.38. The number of aliphatic hydroxyl groups is 2. The Labute approximate surface area is 209 Å². The monoisotopic (exact) mass is 494 g/mol. The lowest BCUT2D eigenvalue weighted by Crippen LogP contribution is -2.45. The van der Waals surface area contributed by atoms with E-state index in [4.69, 9.17) is 14.2 Å². The van der Waals surface area contributed by atoms with Crippen LogP contribution in [0.3, 0.4) is 0 Å². The molecular weight excluding hydrogens is 452 g/mol. The molecule has 8 heteroatoms. The molecule has 0 unspecified atom stereocenters. The first-order valence-electron chi connectivity index (χ1n) is 11.9. The van der Waals surface area contributed by atoms with Crippen molar-refractivity contribution in [2.75, 3.05) is 14.2 Å². The molecule has 0 saturated heterocycles. The maximum atomic E-state index is 13.1. The van der Waals surface area contributed by atoms with Gasteiger partial charge in [-0.15, -0.1) is 0 Å². The molecule has 0 radical (unpaired) electrons. The van der Waals surface area contributed by atoms with E-state index in [1.165, 1.54) is 27.2 Å². The number of aliphatic carboxylic acids is 1. The molecule has 1 rings (SSSR count). The lowest BCUT2D eigenvalue weighted by atomic mass is 9.86. The second-order valence-electron chi connectivity index (χ2n) is 9.60. The fraction of sp³-hybridized carbons (Fsp3) is 0.630. The summed E-state index contributed by atoms with van der Waals surface area (Å²) in [6, 6.07) is 0. The van der Waals surface area contributed by atoms with E-state index in [9.17, 15) is 24.9 Å². The Morgan fingerprint density at radius 2 is 1.83 bits per heavy atom. The SMILES string of the molecule is CO/C1=C\C(C)=C\[C@@H](C)[C@@H](O)[C@@H](C)C/C(C)=C/C=C/[C@H](OC)[C@@H]([C@@H](C)[C@@H](O)[C@H](C)C(=O)O)OC1=O. The van der Waals surface area contributed by atoms with Crippen LogP contribution in [0.5, 0.6) is 0 Å². The minimum Gasteiger partial charge on any atom is -0.490 e. The number of aliphatic hydroxyl groups excluding tert-OH is 2. The molecule has 3 N–H and O–H groups in total. The van der Waals surface area contributed by atoms with Gasteiger partial charge in [-0.05, 0) is 39.2 Å². The quantitative estimate of drug-likeness (QED) is 0.478. The first-order valence-corrected chi connectivity index (χ1v) is 11.9. The maximum absolute atomic E-state index is 13.1. The lowest BCUT2D eigenvalue weighted by Gasteiger charge is -2.33. The Hall–Kier alpha value is -2.42. The van der Waals surface area contributed by atoms with Crippen molar-refractivity contribution in [3.8, 4) is 0 Å². The summed E-state index contributed by atoms with van der Waals surface area (Å²) in [6.45, 7) is 10.7. The number of ether oxygens (including phenoxy) is 3. The molecule has 0 aromatic carbocycles. The highest BCUT2D eigenvalue weighted by molar-refractivity contribution is 5.87. The number of esters is 1. The van der Waals surface area contributed by atoms with E-state index in [1.54, 1.807) is 26.0 Å². The van der Waals surface area contributed by atoms with Gasteiger partial charge in [0.1, 0.15) is 12.2 Å². The van der Waals surface area contributed by atoms with Gasteiger partial charge in [-0.1, -0.05) is 56.2 Å². The van der Waals surface area contributed by atoms with Crippen LogP contribution in [0, 0.1) is 23.7 Å². The van der Waals surface area contributed by atoms with E-state index >= 15 is 0 Å². The largest absolute Gasteiger partial charge is 0.490 e. The van der Waals surface area contributed by atoms with Crippen LogP contribution in [0.2, 0.25) is 0 Å². The Morgan fingerprint density at radius 3 is 2.37 bits per heavy atom. The number of carbonyl (C=O) groups excluding carboxylic acids is 1. The third-order valence-corrected chi connectivity index (χ3v) is 6.55. The van der Waals surface area contributed by atoms with Crippen molar-refractivity contribution in [1.29, 1.82) is 0 Å². The Kier molecular flexibility index (Phi) is 12.4. The van der Waals surface area contributed by atoms with E-state index in [1.807, 2.05) is 32.9 Å². The standard InChI is InChI=1S/C27H42O8/c1-15-10-9-11-21(33-7)25(19(5)24(29)20(6)26(30)31)35-27(32)22(34-8)14-16(2)13-18(4)23(28)17(3)12-15/h9-11,13-14,17-21,23-25,28-29H,12H2,1-8H3,(H,30,31)/b11-9+,15-10+,16-13+,22-14-/t17-,18+,19-,20-,21-,23-,24+,25+/m0/s1. The lowest BCUT2D eigenvalue weighted by molar-refractivity contribution is -0.164. The number of rotatable bonds is 6. The van der Waals surface area contributed by atoms with Crippen LogP contribution >= 0.6 is 0 Å². The number of methoxy groups -OCH3 is 2. The number of carbonyl (C=O) groups is 2. The van der Waals surface area contributed by atoms with Crippen LogP contribution < -0.4 is 0 Å². The van der Waals surface area contributed by atoms with Gasteiger partial charge in [0.2, 0.25) is 5.76 Å². The molecule has 0 aliphatic carbocycles. The molecule has 1 heterocycles. The summed E-state index contributed by atoms with van der Waals surface area (Å²) in [5.41, 5.74) is 1.76. The second kappa shape index (κ2) is 14.2. The molecule has 0 amide bonds. The van der Waals surface area contributed by atoms with Crippen molar-refractivity contribution in [3.63, 3.8) is 0 Å². The van der Waals surface area contributed by atoms with E-state index in [2.05, 4.69) is 0 Å². The average Bonchev–Trinajstić information content (AvgIpc) is 2.80. The minimum atomic E-state index is -1.29. The zero-order valence-electron chi connectivity index (χ0n) is 22.1.